The average Bonchev–Trinajstić information content (AvgIpc) is 2.57. The van der Waals surface area contributed by atoms with Crippen LogP contribution in [0.2, 0.25) is 0 Å². The van der Waals surface area contributed by atoms with Crippen molar-refractivity contribution in [3.05, 3.63) is 17.5 Å². The molecule has 0 aliphatic heterocycles. The average molecular weight is 194 g/mol. The number of hydrogen-bond acceptors (Lipinski definition) is 3. The molecule has 1 aromatic rings. The molecule has 0 aliphatic carbocycles. The predicted octanol–water partition coefficient (Wildman–Crippen LogP) is 2.96. The van der Waals surface area contributed by atoms with Crippen LogP contribution >= 0.6 is 11.3 Å². The van der Waals surface area contributed by atoms with Crippen LogP contribution in [0.15, 0.2) is 17.5 Å². The second-order valence-corrected chi connectivity index (χ2v) is 4.29. The highest BCUT2D eigenvalue weighted by molar-refractivity contribution is 7.14. The number of nitrogens with zero attached hydrogens (tertiary/aromatic N) is 1. The Hall–Kier alpha value is -1.01. The molecule has 0 radical (unpaired) electrons. The lowest BCUT2D eigenvalue weighted by Crippen LogP contribution is -2.17. The molecule has 0 bridgehead atoms. The third-order valence-electron chi connectivity index (χ3n) is 1.99. The van der Waals surface area contributed by atoms with E-state index in [0.717, 1.165) is 11.5 Å². The lowest BCUT2D eigenvalue weighted by Gasteiger charge is -2.13. The fourth-order valence-corrected chi connectivity index (χ4v) is 1.65. The molecule has 1 atom stereocenters. The molecule has 1 rings (SSSR count). The molecule has 0 spiro atoms. The third-order valence-corrected chi connectivity index (χ3v) is 2.82. The second kappa shape index (κ2) is 4.88. The van der Waals surface area contributed by atoms with E-state index in [4.69, 9.17) is 5.26 Å². The van der Waals surface area contributed by atoms with Gasteiger partial charge in [0.2, 0.25) is 0 Å². The Morgan fingerprint density at radius 3 is 2.85 bits per heavy atom. The standard InChI is InChI=1S/C10H14N2S/c1-8(2)9(6-11)7-12-10-4-3-5-13-10/h3-5,8-9,12H,7H2,1-2H3. The fraction of sp³-hybridized carbons (Fsp3) is 0.500. The molecule has 0 amide bonds. The Morgan fingerprint density at radius 2 is 2.38 bits per heavy atom. The number of nitriles is 1. The van der Waals surface area contributed by atoms with Crippen LogP contribution in [0.1, 0.15) is 13.8 Å². The van der Waals surface area contributed by atoms with Gasteiger partial charge in [-0.25, -0.2) is 0 Å². The molecule has 70 valence electrons. The van der Waals surface area contributed by atoms with Crippen LogP contribution in [0.25, 0.3) is 0 Å². The Morgan fingerprint density at radius 1 is 1.62 bits per heavy atom. The summed E-state index contributed by atoms with van der Waals surface area (Å²) in [5.41, 5.74) is 0. The van der Waals surface area contributed by atoms with Gasteiger partial charge in [-0.15, -0.1) is 11.3 Å². The summed E-state index contributed by atoms with van der Waals surface area (Å²) in [6.07, 6.45) is 0. The van der Waals surface area contributed by atoms with E-state index in [9.17, 15) is 0 Å². The van der Waals surface area contributed by atoms with Crippen LogP contribution in [-0.2, 0) is 0 Å². The van der Waals surface area contributed by atoms with E-state index in [0.29, 0.717) is 5.92 Å². The first kappa shape index (κ1) is 10.1. The highest BCUT2D eigenvalue weighted by Crippen LogP contribution is 2.17. The minimum atomic E-state index is 0.0992. The number of hydrogen-bond donors (Lipinski definition) is 1. The summed E-state index contributed by atoms with van der Waals surface area (Å²) in [4.78, 5) is 0. The minimum absolute atomic E-state index is 0.0992. The van der Waals surface area contributed by atoms with Crippen molar-refractivity contribution in [2.24, 2.45) is 11.8 Å². The highest BCUT2D eigenvalue weighted by Gasteiger charge is 2.11. The molecule has 1 N–H and O–H groups in total. The quantitative estimate of drug-likeness (QED) is 0.800. The molecule has 1 unspecified atom stereocenters. The van der Waals surface area contributed by atoms with Gasteiger partial charge in [-0.1, -0.05) is 13.8 Å². The van der Waals surface area contributed by atoms with Gasteiger partial charge in [-0.2, -0.15) is 5.26 Å². The first-order valence-corrected chi connectivity index (χ1v) is 5.29. The maximum atomic E-state index is 8.84. The van der Waals surface area contributed by atoms with Crippen molar-refractivity contribution in [2.45, 2.75) is 13.8 Å². The Bertz CT molecular complexity index is 272. The van der Waals surface area contributed by atoms with Crippen molar-refractivity contribution in [3.63, 3.8) is 0 Å². The normalized spacial score (nSPS) is 12.5. The van der Waals surface area contributed by atoms with Crippen LogP contribution < -0.4 is 5.32 Å². The van der Waals surface area contributed by atoms with E-state index < -0.39 is 0 Å². The summed E-state index contributed by atoms with van der Waals surface area (Å²) in [6, 6.07) is 6.34. The van der Waals surface area contributed by atoms with Gasteiger partial charge in [0.15, 0.2) is 0 Å². The van der Waals surface area contributed by atoms with Crippen LogP contribution in [0, 0.1) is 23.2 Å². The Balaban J connectivity index is 2.38. The molecule has 13 heavy (non-hydrogen) atoms. The van der Waals surface area contributed by atoms with E-state index in [1.54, 1.807) is 11.3 Å². The summed E-state index contributed by atoms with van der Waals surface area (Å²) in [7, 11) is 0. The zero-order chi connectivity index (χ0) is 9.68. The maximum absolute atomic E-state index is 8.84. The largest absolute Gasteiger partial charge is 0.376 e. The monoisotopic (exact) mass is 194 g/mol. The van der Waals surface area contributed by atoms with Crippen molar-refractivity contribution >= 4 is 16.3 Å². The van der Waals surface area contributed by atoms with Crippen molar-refractivity contribution in [1.82, 2.24) is 0 Å². The highest BCUT2D eigenvalue weighted by atomic mass is 32.1. The summed E-state index contributed by atoms with van der Waals surface area (Å²) in [6.45, 7) is 4.89. The van der Waals surface area contributed by atoms with Crippen LogP contribution in [0.3, 0.4) is 0 Å². The summed E-state index contributed by atoms with van der Waals surface area (Å²) >= 11 is 1.67. The number of nitrogens with one attached hydrogen (secondary N) is 1. The molecular weight excluding hydrogens is 180 g/mol. The number of rotatable bonds is 4. The third kappa shape index (κ3) is 3.08. The van der Waals surface area contributed by atoms with Gasteiger partial charge in [-0.05, 0) is 23.4 Å². The molecule has 0 aromatic carbocycles. The Labute approximate surface area is 83.2 Å². The maximum Gasteiger partial charge on any atom is 0.0882 e. The predicted molar refractivity (Wildman–Crippen MR) is 56.7 cm³/mol. The van der Waals surface area contributed by atoms with Crippen LogP contribution in [-0.4, -0.2) is 6.54 Å². The van der Waals surface area contributed by atoms with Gasteiger partial charge in [0.1, 0.15) is 0 Å². The molecule has 0 fully saturated rings. The molecular formula is C10H14N2S. The summed E-state index contributed by atoms with van der Waals surface area (Å²) in [5, 5.41) is 15.3. The fourth-order valence-electron chi connectivity index (χ4n) is 1.02. The molecule has 1 aromatic heterocycles. The molecule has 2 nitrogen and oxygen atoms in total. The number of thiophene rings is 1. The minimum Gasteiger partial charge on any atom is -0.376 e. The van der Waals surface area contributed by atoms with Crippen LogP contribution in [0.5, 0.6) is 0 Å². The number of anilines is 1. The van der Waals surface area contributed by atoms with E-state index in [-0.39, 0.29) is 5.92 Å². The zero-order valence-corrected chi connectivity index (χ0v) is 8.77. The van der Waals surface area contributed by atoms with Gasteiger partial charge in [0.25, 0.3) is 0 Å². The van der Waals surface area contributed by atoms with Crippen LogP contribution in [0.4, 0.5) is 5.00 Å². The SMILES string of the molecule is CC(C)C(C#N)CNc1cccs1. The van der Waals surface area contributed by atoms with E-state index in [1.165, 1.54) is 0 Å². The molecule has 0 saturated heterocycles. The topological polar surface area (TPSA) is 35.8 Å². The summed E-state index contributed by atoms with van der Waals surface area (Å²) in [5.74, 6) is 0.513. The van der Waals surface area contributed by atoms with Gasteiger partial charge >= 0.3 is 0 Å². The van der Waals surface area contributed by atoms with E-state index in [1.807, 2.05) is 17.5 Å². The molecule has 1 heterocycles. The first-order valence-electron chi connectivity index (χ1n) is 4.41. The van der Waals surface area contributed by atoms with Gasteiger partial charge in [0, 0.05) is 6.54 Å². The molecule has 0 saturated carbocycles. The van der Waals surface area contributed by atoms with Crippen molar-refractivity contribution in [2.75, 3.05) is 11.9 Å². The van der Waals surface area contributed by atoms with Crippen molar-refractivity contribution in [1.29, 1.82) is 5.26 Å². The van der Waals surface area contributed by atoms with Gasteiger partial charge < -0.3 is 5.32 Å². The van der Waals surface area contributed by atoms with Crippen molar-refractivity contribution < 1.29 is 0 Å². The summed E-state index contributed by atoms with van der Waals surface area (Å²) < 4.78 is 0. The lowest BCUT2D eigenvalue weighted by atomic mass is 9.98. The molecule has 0 aliphatic rings. The molecule has 3 heteroatoms. The zero-order valence-electron chi connectivity index (χ0n) is 7.95. The van der Waals surface area contributed by atoms with E-state index in [2.05, 4.69) is 25.2 Å². The van der Waals surface area contributed by atoms with Gasteiger partial charge in [-0.3, -0.25) is 0 Å². The van der Waals surface area contributed by atoms with Gasteiger partial charge in [0.05, 0.1) is 17.0 Å². The first-order chi connectivity index (χ1) is 6.24. The lowest BCUT2D eigenvalue weighted by molar-refractivity contribution is 0.496. The second-order valence-electron chi connectivity index (χ2n) is 3.34. The van der Waals surface area contributed by atoms with E-state index >= 15 is 0 Å². The Kier molecular flexibility index (Phi) is 3.78. The van der Waals surface area contributed by atoms with Crippen molar-refractivity contribution in [3.8, 4) is 6.07 Å². The smallest absolute Gasteiger partial charge is 0.0882 e.